The quantitative estimate of drug-likeness (QED) is 0.619. The summed E-state index contributed by atoms with van der Waals surface area (Å²) >= 11 is 1.50. The van der Waals surface area contributed by atoms with Crippen LogP contribution in [0.15, 0.2) is 24.4 Å². The number of aromatic nitrogens is 1. The predicted octanol–water partition coefficient (Wildman–Crippen LogP) is 1.38. The van der Waals surface area contributed by atoms with Gasteiger partial charge in [-0.05, 0) is 31.5 Å². The van der Waals surface area contributed by atoms with E-state index in [2.05, 4.69) is 32.5 Å². The molecule has 0 aliphatic carbocycles. The SMILES string of the molecule is CCN1C(=O)c2sc(CN3CCC(N(C)c4ccc(C(=O)NC)nc4)C3)cc2NC1O. The molecule has 0 aromatic carbocycles. The van der Waals surface area contributed by atoms with E-state index in [1.165, 1.54) is 16.2 Å². The maximum atomic E-state index is 12.6. The third-order valence-electron chi connectivity index (χ3n) is 5.95. The van der Waals surface area contributed by atoms with Crippen molar-refractivity contribution in [1.82, 2.24) is 20.1 Å². The lowest BCUT2D eigenvalue weighted by Gasteiger charge is -2.31. The summed E-state index contributed by atoms with van der Waals surface area (Å²) < 4.78 is 0. The van der Waals surface area contributed by atoms with Crippen molar-refractivity contribution >= 4 is 34.5 Å². The maximum Gasteiger partial charge on any atom is 0.269 e. The minimum absolute atomic E-state index is 0.119. The monoisotopic (exact) mass is 444 g/mol. The van der Waals surface area contributed by atoms with E-state index in [0.29, 0.717) is 23.2 Å². The van der Waals surface area contributed by atoms with Gasteiger partial charge >= 0.3 is 0 Å². The average molecular weight is 445 g/mol. The van der Waals surface area contributed by atoms with E-state index in [4.69, 9.17) is 0 Å². The number of pyridine rings is 1. The van der Waals surface area contributed by atoms with Crippen molar-refractivity contribution in [3.8, 4) is 0 Å². The molecule has 2 aliphatic rings. The number of likely N-dealkylation sites (N-methyl/N-ethyl adjacent to an activating group) is 1. The highest BCUT2D eigenvalue weighted by Crippen LogP contribution is 2.34. The Hall–Kier alpha value is -2.69. The number of carbonyl (C=O) groups excluding carboxylic acids is 2. The Labute approximate surface area is 185 Å². The number of amides is 2. The second kappa shape index (κ2) is 8.81. The van der Waals surface area contributed by atoms with Crippen LogP contribution in [0.5, 0.6) is 0 Å². The Balaban J connectivity index is 1.38. The first-order valence-electron chi connectivity index (χ1n) is 10.4. The molecule has 2 unspecified atom stereocenters. The summed E-state index contributed by atoms with van der Waals surface area (Å²) in [5.41, 5.74) is 2.11. The number of aliphatic hydroxyl groups is 1. The van der Waals surface area contributed by atoms with Crippen LogP contribution >= 0.6 is 11.3 Å². The Morgan fingerprint density at radius 3 is 2.94 bits per heavy atom. The molecule has 0 saturated carbocycles. The molecule has 0 bridgehead atoms. The van der Waals surface area contributed by atoms with Gasteiger partial charge < -0.3 is 20.6 Å². The number of aliphatic hydroxyl groups excluding tert-OH is 1. The predicted molar refractivity (Wildman–Crippen MR) is 120 cm³/mol. The fraction of sp³-hybridized carbons (Fsp3) is 0.476. The van der Waals surface area contributed by atoms with E-state index < -0.39 is 6.35 Å². The largest absolute Gasteiger partial charge is 0.369 e. The first kappa shape index (κ1) is 21.5. The lowest BCUT2D eigenvalue weighted by atomic mass is 10.2. The number of fused-ring (bicyclic) bond motifs is 1. The number of thiophene rings is 1. The van der Waals surface area contributed by atoms with E-state index in [-0.39, 0.29) is 11.8 Å². The summed E-state index contributed by atoms with van der Waals surface area (Å²) in [5.74, 6) is -0.311. The summed E-state index contributed by atoms with van der Waals surface area (Å²) in [6.07, 6.45) is 1.79. The van der Waals surface area contributed by atoms with Crippen molar-refractivity contribution in [2.75, 3.05) is 43.9 Å². The number of anilines is 2. The van der Waals surface area contributed by atoms with Crippen LogP contribution < -0.4 is 15.5 Å². The molecule has 4 heterocycles. The minimum Gasteiger partial charge on any atom is -0.369 e. The Morgan fingerprint density at radius 1 is 1.45 bits per heavy atom. The van der Waals surface area contributed by atoms with Gasteiger partial charge in [0.05, 0.1) is 17.6 Å². The fourth-order valence-corrected chi connectivity index (χ4v) is 5.24. The van der Waals surface area contributed by atoms with Crippen molar-refractivity contribution in [2.24, 2.45) is 0 Å². The van der Waals surface area contributed by atoms with Gasteiger partial charge in [-0.25, -0.2) is 4.98 Å². The number of nitrogens with one attached hydrogen (secondary N) is 2. The van der Waals surface area contributed by atoms with Crippen molar-refractivity contribution in [1.29, 1.82) is 0 Å². The van der Waals surface area contributed by atoms with Gasteiger partial charge in [0.1, 0.15) is 10.6 Å². The van der Waals surface area contributed by atoms with Crippen molar-refractivity contribution in [3.05, 3.63) is 39.8 Å². The Morgan fingerprint density at radius 2 is 2.26 bits per heavy atom. The normalized spacial score (nSPS) is 21.0. The van der Waals surface area contributed by atoms with Gasteiger partial charge in [-0.1, -0.05) is 0 Å². The van der Waals surface area contributed by atoms with Crippen LogP contribution in [0.4, 0.5) is 11.4 Å². The molecule has 9 nitrogen and oxygen atoms in total. The number of rotatable bonds is 6. The van der Waals surface area contributed by atoms with Gasteiger partial charge in [0.2, 0.25) is 6.35 Å². The van der Waals surface area contributed by atoms with Crippen LogP contribution in [0.25, 0.3) is 0 Å². The van der Waals surface area contributed by atoms with E-state index in [9.17, 15) is 14.7 Å². The van der Waals surface area contributed by atoms with Crippen LogP contribution in [-0.2, 0) is 6.54 Å². The first-order chi connectivity index (χ1) is 14.9. The van der Waals surface area contributed by atoms with Gasteiger partial charge in [0, 0.05) is 51.2 Å². The topological polar surface area (TPSA) is 101 Å². The molecular weight excluding hydrogens is 416 g/mol. The zero-order chi connectivity index (χ0) is 22.1. The summed E-state index contributed by atoms with van der Waals surface area (Å²) in [5, 5.41) is 15.7. The molecule has 4 rings (SSSR count). The molecule has 2 aromatic rings. The standard InChI is InChI=1S/C21H28N6O3S/c1-4-27-20(29)18-17(24-21(27)30)9-15(31-18)12-26-8-7-14(11-26)25(3)13-5-6-16(23-10-13)19(28)22-2/h5-6,9-10,14,21,24,30H,4,7-8,11-12H2,1-3H3,(H,22,28). The van der Waals surface area contributed by atoms with E-state index in [1.54, 1.807) is 19.3 Å². The zero-order valence-corrected chi connectivity index (χ0v) is 18.8. The molecule has 1 saturated heterocycles. The van der Waals surface area contributed by atoms with E-state index in [1.807, 2.05) is 19.1 Å². The van der Waals surface area contributed by atoms with Crippen LogP contribution in [0.3, 0.4) is 0 Å². The lowest BCUT2D eigenvalue weighted by Crippen LogP contribution is -2.47. The Kier molecular flexibility index (Phi) is 6.12. The molecule has 166 valence electrons. The molecule has 3 N–H and O–H groups in total. The maximum absolute atomic E-state index is 12.6. The summed E-state index contributed by atoms with van der Waals surface area (Å²) in [6.45, 7) is 4.95. The second-order valence-corrected chi connectivity index (χ2v) is 8.97. The molecule has 2 aliphatic heterocycles. The highest BCUT2D eigenvalue weighted by molar-refractivity contribution is 7.14. The molecular formula is C21H28N6O3S. The highest BCUT2D eigenvalue weighted by Gasteiger charge is 2.33. The van der Waals surface area contributed by atoms with Gasteiger partial charge in [-0.2, -0.15) is 0 Å². The first-order valence-corrected chi connectivity index (χ1v) is 11.2. The number of carbonyl (C=O) groups is 2. The molecule has 2 aromatic heterocycles. The van der Waals surface area contributed by atoms with Gasteiger partial charge in [0.25, 0.3) is 11.8 Å². The van der Waals surface area contributed by atoms with Crippen molar-refractivity contribution in [2.45, 2.75) is 32.3 Å². The van der Waals surface area contributed by atoms with Gasteiger partial charge in [-0.3, -0.25) is 19.4 Å². The van der Waals surface area contributed by atoms with Gasteiger partial charge in [0.15, 0.2) is 0 Å². The molecule has 10 heteroatoms. The number of likely N-dealkylation sites (tertiary alicyclic amines) is 1. The minimum atomic E-state index is -0.972. The molecule has 31 heavy (non-hydrogen) atoms. The number of hydrogen-bond donors (Lipinski definition) is 3. The van der Waals surface area contributed by atoms with Crippen LogP contribution in [-0.4, -0.2) is 77.8 Å². The zero-order valence-electron chi connectivity index (χ0n) is 18.0. The number of nitrogens with zero attached hydrogens (tertiary/aromatic N) is 4. The number of hydrogen-bond acceptors (Lipinski definition) is 8. The van der Waals surface area contributed by atoms with Crippen LogP contribution in [0, 0.1) is 0 Å². The lowest BCUT2D eigenvalue weighted by molar-refractivity contribution is 0.0216. The summed E-state index contributed by atoms with van der Waals surface area (Å²) in [6, 6.07) is 5.99. The Bertz CT molecular complexity index is 963. The molecule has 0 radical (unpaired) electrons. The average Bonchev–Trinajstić information content (AvgIpc) is 3.40. The van der Waals surface area contributed by atoms with Crippen LogP contribution in [0.2, 0.25) is 0 Å². The van der Waals surface area contributed by atoms with Crippen molar-refractivity contribution < 1.29 is 14.7 Å². The summed E-state index contributed by atoms with van der Waals surface area (Å²) in [7, 11) is 3.65. The smallest absolute Gasteiger partial charge is 0.269 e. The van der Waals surface area contributed by atoms with Crippen molar-refractivity contribution in [3.63, 3.8) is 0 Å². The van der Waals surface area contributed by atoms with Crippen LogP contribution in [0.1, 0.15) is 38.4 Å². The third kappa shape index (κ3) is 4.23. The molecule has 1 fully saturated rings. The fourth-order valence-electron chi connectivity index (χ4n) is 4.12. The van der Waals surface area contributed by atoms with E-state index in [0.717, 1.165) is 42.3 Å². The molecule has 0 spiro atoms. The molecule has 2 atom stereocenters. The van der Waals surface area contributed by atoms with Gasteiger partial charge in [-0.15, -0.1) is 11.3 Å². The second-order valence-electron chi connectivity index (χ2n) is 7.83. The third-order valence-corrected chi connectivity index (χ3v) is 7.06. The van der Waals surface area contributed by atoms with E-state index >= 15 is 0 Å². The molecule has 2 amide bonds. The summed E-state index contributed by atoms with van der Waals surface area (Å²) in [4.78, 5) is 36.3. The highest BCUT2D eigenvalue weighted by atomic mass is 32.1.